The first kappa shape index (κ1) is 10.4. The molecule has 2 N–H and O–H groups in total. The van der Waals surface area contributed by atoms with E-state index in [1.54, 1.807) is 42.7 Å². The van der Waals surface area contributed by atoms with Crippen molar-refractivity contribution in [2.45, 2.75) is 6.92 Å². The molecule has 1 heterocycles. The molecule has 0 spiro atoms. The third kappa shape index (κ3) is 1.93. The van der Waals surface area contributed by atoms with Gasteiger partial charge in [0, 0.05) is 29.2 Å². The van der Waals surface area contributed by atoms with Crippen LogP contribution in [0.2, 0.25) is 0 Å². The van der Waals surface area contributed by atoms with E-state index in [0.717, 1.165) is 5.56 Å². The number of nitrogens with zero attached hydrogens (tertiary/aromatic N) is 1. The molecule has 0 unspecified atom stereocenters. The fraction of sp³-hybridized carbons (Fsp3) is 0.0769. The van der Waals surface area contributed by atoms with E-state index in [1.807, 2.05) is 6.92 Å². The molecular weight excluding hydrogens is 200 g/mol. The molecule has 0 saturated carbocycles. The summed E-state index contributed by atoms with van der Waals surface area (Å²) in [5.74, 6) is -0.00880. The fourth-order valence-corrected chi connectivity index (χ4v) is 1.49. The van der Waals surface area contributed by atoms with Gasteiger partial charge in [-0.3, -0.25) is 9.78 Å². The summed E-state index contributed by atoms with van der Waals surface area (Å²) in [6, 6.07) is 8.70. The first-order chi connectivity index (χ1) is 7.68. The molecule has 16 heavy (non-hydrogen) atoms. The molecule has 1 aromatic carbocycles. The number of hydrogen-bond acceptors (Lipinski definition) is 3. The van der Waals surface area contributed by atoms with E-state index < -0.39 is 0 Å². The number of hydrogen-bond donors (Lipinski definition) is 1. The van der Waals surface area contributed by atoms with Gasteiger partial charge in [0.2, 0.25) is 0 Å². The maximum absolute atomic E-state index is 12.0. The van der Waals surface area contributed by atoms with Gasteiger partial charge in [-0.2, -0.15) is 0 Å². The maximum atomic E-state index is 12.0. The van der Waals surface area contributed by atoms with Gasteiger partial charge < -0.3 is 5.73 Å². The number of nitrogen functional groups attached to an aromatic ring is 1. The van der Waals surface area contributed by atoms with Crippen LogP contribution < -0.4 is 5.73 Å². The summed E-state index contributed by atoms with van der Waals surface area (Å²) < 4.78 is 0. The predicted molar refractivity (Wildman–Crippen MR) is 63.3 cm³/mol. The molecule has 0 aliphatic heterocycles. The summed E-state index contributed by atoms with van der Waals surface area (Å²) in [6.45, 7) is 1.89. The monoisotopic (exact) mass is 212 g/mol. The molecule has 1 aromatic heterocycles. The Morgan fingerprint density at radius 2 is 1.81 bits per heavy atom. The average Bonchev–Trinajstić information content (AvgIpc) is 2.33. The molecule has 0 bridgehead atoms. The number of aryl methyl sites for hydroxylation is 1. The Labute approximate surface area is 93.9 Å². The van der Waals surface area contributed by atoms with Crippen LogP contribution in [0.5, 0.6) is 0 Å². The SMILES string of the molecule is Cc1cc(C(=O)c2ccncc2)ccc1N. The zero-order valence-electron chi connectivity index (χ0n) is 8.97. The lowest BCUT2D eigenvalue weighted by Crippen LogP contribution is -2.02. The van der Waals surface area contributed by atoms with Crippen molar-refractivity contribution >= 4 is 11.5 Å². The van der Waals surface area contributed by atoms with Gasteiger partial charge in [0.15, 0.2) is 5.78 Å². The molecule has 0 fully saturated rings. The lowest BCUT2D eigenvalue weighted by molar-refractivity contribution is 0.103. The van der Waals surface area contributed by atoms with Crippen molar-refractivity contribution in [2.75, 3.05) is 5.73 Å². The molecule has 0 saturated heterocycles. The molecule has 3 nitrogen and oxygen atoms in total. The van der Waals surface area contributed by atoms with E-state index in [9.17, 15) is 4.79 Å². The van der Waals surface area contributed by atoms with Crippen LogP contribution in [0.3, 0.4) is 0 Å². The second kappa shape index (κ2) is 4.14. The summed E-state index contributed by atoms with van der Waals surface area (Å²) in [6.07, 6.45) is 3.22. The van der Waals surface area contributed by atoms with E-state index in [0.29, 0.717) is 16.8 Å². The zero-order chi connectivity index (χ0) is 11.5. The van der Waals surface area contributed by atoms with Gasteiger partial charge in [0.25, 0.3) is 0 Å². The Kier molecular flexibility index (Phi) is 2.68. The van der Waals surface area contributed by atoms with Crippen LogP contribution in [0.1, 0.15) is 21.5 Å². The number of anilines is 1. The normalized spacial score (nSPS) is 10.1. The van der Waals surface area contributed by atoms with E-state index in [2.05, 4.69) is 4.98 Å². The second-order valence-electron chi connectivity index (χ2n) is 3.64. The van der Waals surface area contributed by atoms with E-state index in [4.69, 9.17) is 5.73 Å². The molecule has 0 radical (unpaired) electrons. The third-order valence-electron chi connectivity index (χ3n) is 2.47. The quantitative estimate of drug-likeness (QED) is 0.613. The van der Waals surface area contributed by atoms with Gasteiger partial charge in [0.05, 0.1) is 0 Å². The zero-order valence-corrected chi connectivity index (χ0v) is 8.97. The van der Waals surface area contributed by atoms with Gasteiger partial charge >= 0.3 is 0 Å². The van der Waals surface area contributed by atoms with Crippen molar-refractivity contribution in [2.24, 2.45) is 0 Å². The van der Waals surface area contributed by atoms with Crippen LogP contribution in [0.4, 0.5) is 5.69 Å². The number of carbonyl (C=O) groups excluding carboxylic acids is 1. The van der Waals surface area contributed by atoms with Gasteiger partial charge in [-0.1, -0.05) is 0 Å². The molecule has 0 amide bonds. The summed E-state index contributed by atoms with van der Waals surface area (Å²) in [5.41, 5.74) is 8.61. The van der Waals surface area contributed by atoms with Crippen LogP contribution in [0.25, 0.3) is 0 Å². The lowest BCUT2D eigenvalue weighted by Gasteiger charge is -2.04. The highest BCUT2D eigenvalue weighted by Gasteiger charge is 2.09. The van der Waals surface area contributed by atoms with Crippen LogP contribution in [-0.2, 0) is 0 Å². The number of aromatic nitrogens is 1. The van der Waals surface area contributed by atoms with Gasteiger partial charge in [-0.05, 0) is 42.8 Å². The maximum Gasteiger partial charge on any atom is 0.193 e. The highest BCUT2D eigenvalue weighted by molar-refractivity contribution is 6.09. The van der Waals surface area contributed by atoms with Gasteiger partial charge in [-0.25, -0.2) is 0 Å². The summed E-state index contributed by atoms with van der Waals surface area (Å²) in [4.78, 5) is 15.9. The van der Waals surface area contributed by atoms with Crippen molar-refractivity contribution in [3.05, 3.63) is 59.4 Å². The summed E-state index contributed by atoms with van der Waals surface area (Å²) >= 11 is 0. The molecule has 0 atom stereocenters. The van der Waals surface area contributed by atoms with Gasteiger partial charge in [-0.15, -0.1) is 0 Å². The van der Waals surface area contributed by atoms with Crippen molar-refractivity contribution in [1.29, 1.82) is 0 Å². The molecule has 80 valence electrons. The molecule has 0 aliphatic rings. The summed E-state index contributed by atoms with van der Waals surface area (Å²) in [7, 11) is 0. The van der Waals surface area contributed by atoms with Crippen molar-refractivity contribution in [3.8, 4) is 0 Å². The number of benzene rings is 1. The second-order valence-corrected chi connectivity index (χ2v) is 3.64. The lowest BCUT2D eigenvalue weighted by atomic mass is 10.0. The Morgan fingerprint density at radius 3 is 2.44 bits per heavy atom. The van der Waals surface area contributed by atoms with Crippen LogP contribution >= 0.6 is 0 Å². The van der Waals surface area contributed by atoms with Crippen molar-refractivity contribution in [3.63, 3.8) is 0 Å². The summed E-state index contributed by atoms with van der Waals surface area (Å²) in [5, 5.41) is 0. The van der Waals surface area contributed by atoms with Crippen LogP contribution in [0.15, 0.2) is 42.7 Å². The number of nitrogens with two attached hydrogens (primary N) is 1. The minimum Gasteiger partial charge on any atom is -0.399 e. The molecular formula is C13H12N2O. The number of pyridine rings is 1. The van der Waals surface area contributed by atoms with Gasteiger partial charge in [0.1, 0.15) is 0 Å². The van der Waals surface area contributed by atoms with Crippen molar-refractivity contribution < 1.29 is 4.79 Å². The third-order valence-corrected chi connectivity index (χ3v) is 2.47. The predicted octanol–water partition coefficient (Wildman–Crippen LogP) is 2.20. The number of ketones is 1. The fourth-order valence-electron chi connectivity index (χ4n) is 1.49. The number of rotatable bonds is 2. The first-order valence-corrected chi connectivity index (χ1v) is 4.99. The molecule has 2 rings (SSSR count). The minimum absolute atomic E-state index is 0.00880. The average molecular weight is 212 g/mol. The first-order valence-electron chi connectivity index (χ1n) is 4.99. The van der Waals surface area contributed by atoms with E-state index in [-0.39, 0.29) is 5.78 Å². The standard InChI is InChI=1S/C13H12N2O/c1-9-8-11(2-3-12(9)14)13(16)10-4-6-15-7-5-10/h2-8H,14H2,1H3. The van der Waals surface area contributed by atoms with Crippen molar-refractivity contribution in [1.82, 2.24) is 4.98 Å². The topological polar surface area (TPSA) is 56.0 Å². The Hall–Kier alpha value is -2.16. The van der Waals surface area contributed by atoms with Crippen LogP contribution in [0, 0.1) is 6.92 Å². The molecule has 0 aliphatic carbocycles. The van der Waals surface area contributed by atoms with E-state index in [1.165, 1.54) is 0 Å². The van der Waals surface area contributed by atoms with E-state index >= 15 is 0 Å². The minimum atomic E-state index is -0.00880. The smallest absolute Gasteiger partial charge is 0.193 e. The Bertz CT molecular complexity index is 521. The largest absolute Gasteiger partial charge is 0.399 e. The highest BCUT2D eigenvalue weighted by atomic mass is 16.1. The van der Waals surface area contributed by atoms with Crippen LogP contribution in [-0.4, -0.2) is 10.8 Å². The number of carbonyl (C=O) groups is 1. The Morgan fingerprint density at radius 1 is 1.12 bits per heavy atom. The Balaban J connectivity index is 2.39. The highest BCUT2D eigenvalue weighted by Crippen LogP contribution is 2.15. The molecule has 2 aromatic rings. The molecule has 3 heteroatoms.